The molecule has 1 aliphatic heterocycles. The number of fused-ring (bicyclic) bond motifs is 3. The number of likely N-dealkylation sites (tertiary alicyclic amines) is 1. The van der Waals surface area contributed by atoms with Crippen molar-refractivity contribution in [3.63, 3.8) is 0 Å². The molecule has 170 valence electrons. The number of Topliss-reactive ketones (excluding diaryl/α,β-unsaturated/α-hetero) is 1. The Morgan fingerprint density at radius 1 is 0.853 bits per heavy atom. The molecule has 0 spiro atoms. The van der Waals surface area contributed by atoms with Crippen LogP contribution >= 0.6 is 11.8 Å². The van der Waals surface area contributed by atoms with E-state index in [4.69, 9.17) is 0 Å². The van der Waals surface area contributed by atoms with Crippen molar-refractivity contribution in [1.29, 1.82) is 0 Å². The van der Waals surface area contributed by atoms with Gasteiger partial charge in [-0.1, -0.05) is 66.4 Å². The Bertz CT molecular complexity index is 1340. The smallest absolute Gasteiger partial charge is 0.196 e. The highest BCUT2D eigenvalue weighted by atomic mass is 32.2. The first-order valence-electron chi connectivity index (χ1n) is 11.9. The average Bonchev–Trinajstić information content (AvgIpc) is 3.62. The number of hydrogen-bond acceptors (Lipinski definition) is 5. The van der Waals surface area contributed by atoms with E-state index in [1.54, 1.807) is 0 Å². The van der Waals surface area contributed by atoms with Crippen molar-refractivity contribution in [2.24, 2.45) is 0 Å². The highest BCUT2D eigenvalue weighted by Gasteiger charge is 2.22. The highest BCUT2D eigenvalue weighted by molar-refractivity contribution is 7.99. The van der Waals surface area contributed by atoms with E-state index in [-0.39, 0.29) is 5.78 Å². The lowest BCUT2D eigenvalue weighted by molar-refractivity contribution is 0.102. The highest BCUT2D eigenvalue weighted by Crippen LogP contribution is 2.37. The van der Waals surface area contributed by atoms with Crippen molar-refractivity contribution in [3.05, 3.63) is 95.3 Å². The molecular weight excluding hydrogens is 440 g/mol. The Morgan fingerprint density at radius 3 is 2.47 bits per heavy atom. The second-order valence-electron chi connectivity index (χ2n) is 8.97. The largest absolute Gasteiger partial charge is 0.296 e. The van der Waals surface area contributed by atoms with E-state index in [1.165, 1.54) is 46.9 Å². The van der Waals surface area contributed by atoms with Crippen LogP contribution in [0.2, 0.25) is 0 Å². The molecule has 0 bridgehead atoms. The van der Waals surface area contributed by atoms with Gasteiger partial charge in [-0.15, -0.1) is 10.2 Å². The normalized spacial score (nSPS) is 14.8. The molecule has 0 radical (unpaired) electrons. The van der Waals surface area contributed by atoms with Crippen LogP contribution in [0.5, 0.6) is 0 Å². The van der Waals surface area contributed by atoms with Gasteiger partial charge in [0.15, 0.2) is 16.8 Å². The summed E-state index contributed by atoms with van der Waals surface area (Å²) in [5.74, 6) is 1.37. The molecule has 1 aliphatic carbocycles. The third-order valence-corrected chi connectivity index (χ3v) is 7.66. The maximum absolute atomic E-state index is 13.2. The number of benzene rings is 3. The quantitative estimate of drug-likeness (QED) is 0.237. The predicted molar refractivity (Wildman–Crippen MR) is 136 cm³/mol. The second kappa shape index (κ2) is 9.20. The molecule has 6 heteroatoms. The van der Waals surface area contributed by atoms with E-state index in [0.717, 1.165) is 48.3 Å². The van der Waals surface area contributed by atoms with Gasteiger partial charge in [-0.25, -0.2) is 0 Å². The molecule has 0 N–H and O–H groups in total. The van der Waals surface area contributed by atoms with Crippen LogP contribution in [-0.2, 0) is 13.0 Å². The summed E-state index contributed by atoms with van der Waals surface area (Å²) < 4.78 is 2.11. The number of para-hydroxylation sites is 1. The minimum atomic E-state index is 0.112. The summed E-state index contributed by atoms with van der Waals surface area (Å²) in [5.41, 5.74) is 6.84. The van der Waals surface area contributed by atoms with Gasteiger partial charge in [0.05, 0.1) is 12.3 Å². The minimum absolute atomic E-state index is 0.112. The number of hydrogen-bond donors (Lipinski definition) is 0. The van der Waals surface area contributed by atoms with Crippen molar-refractivity contribution >= 4 is 17.5 Å². The number of rotatable bonds is 7. The van der Waals surface area contributed by atoms with Gasteiger partial charge in [-0.2, -0.15) is 0 Å². The molecule has 4 aromatic rings. The molecule has 1 aromatic heterocycles. The zero-order valence-corrected chi connectivity index (χ0v) is 19.8. The molecule has 34 heavy (non-hydrogen) atoms. The van der Waals surface area contributed by atoms with Crippen molar-refractivity contribution in [3.8, 4) is 16.8 Å². The molecule has 3 aromatic carbocycles. The lowest BCUT2D eigenvalue weighted by Crippen LogP contribution is -2.21. The van der Waals surface area contributed by atoms with Crippen molar-refractivity contribution in [1.82, 2.24) is 19.7 Å². The van der Waals surface area contributed by atoms with Gasteiger partial charge in [0.2, 0.25) is 0 Å². The van der Waals surface area contributed by atoms with Crippen molar-refractivity contribution in [2.75, 3.05) is 18.8 Å². The van der Waals surface area contributed by atoms with E-state index in [1.807, 2.05) is 24.3 Å². The van der Waals surface area contributed by atoms with Gasteiger partial charge in [-0.3, -0.25) is 14.3 Å². The number of ketones is 1. The molecule has 2 aliphatic rings. The summed E-state index contributed by atoms with van der Waals surface area (Å²) in [6, 6.07) is 24.8. The van der Waals surface area contributed by atoms with Crippen LogP contribution in [0.4, 0.5) is 0 Å². The molecule has 0 saturated carbocycles. The monoisotopic (exact) mass is 466 g/mol. The second-order valence-corrected chi connectivity index (χ2v) is 9.91. The number of aromatic nitrogens is 3. The van der Waals surface area contributed by atoms with Crippen molar-refractivity contribution < 1.29 is 4.79 Å². The van der Waals surface area contributed by atoms with Gasteiger partial charge < -0.3 is 0 Å². The number of thioether (sulfide) groups is 1. The van der Waals surface area contributed by atoms with E-state index < -0.39 is 0 Å². The number of carbonyl (C=O) groups is 1. The third-order valence-electron chi connectivity index (χ3n) is 6.73. The minimum Gasteiger partial charge on any atom is -0.296 e. The fourth-order valence-corrected chi connectivity index (χ4v) is 5.85. The van der Waals surface area contributed by atoms with Crippen LogP contribution in [0, 0.1) is 0 Å². The van der Waals surface area contributed by atoms with Crippen LogP contribution < -0.4 is 0 Å². The first kappa shape index (κ1) is 21.3. The summed E-state index contributed by atoms with van der Waals surface area (Å²) in [5, 5.41) is 9.77. The average molecular weight is 467 g/mol. The third kappa shape index (κ3) is 4.08. The van der Waals surface area contributed by atoms with Gasteiger partial charge in [0, 0.05) is 11.3 Å². The van der Waals surface area contributed by atoms with Crippen molar-refractivity contribution in [2.45, 2.75) is 31.0 Å². The van der Waals surface area contributed by atoms with Gasteiger partial charge in [-0.05, 0) is 72.8 Å². The molecule has 0 amide bonds. The summed E-state index contributed by atoms with van der Waals surface area (Å²) in [6.07, 6.45) is 3.41. The standard InChI is InChI=1S/C28H26N4OS/c33-26(22-13-12-21-16-20-8-4-5-11-24(20)25(21)17-22)19-34-28-30-29-27(18-31-14-6-7-15-31)32(28)23-9-2-1-3-10-23/h1-5,8-13,17H,6-7,14-16,18-19H2. The zero-order chi connectivity index (χ0) is 22.9. The van der Waals surface area contributed by atoms with Gasteiger partial charge >= 0.3 is 0 Å². The molecule has 6 rings (SSSR count). The van der Waals surface area contributed by atoms with E-state index in [9.17, 15) is 4.79 Å². The maximum Gasteiger partial charge on any atom is 0.196 e. The van der Waals surface area contributed by atoms with Gasteiger partial charge in [0.25, 0.3) is 0 Å². The number of carbonyl (C=O) groups excluding carboxylic acids is 1. The van der Waals surface area contributed by atoms with Crippen LogP contribution in [0.1, 0.15) is 40.2 Å². The Labute approximate surface area is 203 Å². The van der Waals surface area contributed by atoms with E-state index >= 15 is 0 Å². The molecule has 0 unspecified atom stereocenters. The summed E-state index contributed by atoms with van der Waals surface area (Å²) in [7, 11) is 0. The van der Waals surface area contributed by atoms with Gasteiger partial charge in [0.1, 0.15) is 0 Å². The predicted octanol–water partition coefficient (Wildman–Crippen LogP) is 5.41. The first-order valence-corrected chi connectivity index (χ1v) is 12.8. The van der Waals surface area contributed by atoms with Crippen LogP contribution in [0.3, 0.4) is 0 Å². The first-order chi connectivity index (χ1) is 16.8. The number of nitrogens with zero attached hydrogens (tertiary/aromatic N) is 4. The molecule has 0 atom stereocenters. The Hall–Kier alpha value is -3.22. The molecule has 1 fully saturated rings. The zero-order valence-electron chi connectivity index (χ0n) is 19.0. The Balaban J connectivity index is 1.23. The molecule has 5 nitrogen and oxygen atoms in total. The summed E-state index contributed by atoms with van der Waals surface area (Å²) >= 11 is 1.46. The van der Waals surface area contributed by atoms with E-state index in [2.05, 4.69) is 68.2 Å². The van der Waals surface area contributed by atoms with Crippen LogP contribution in [-0.4, -0.2) is 44.3 Å². The van der Waals surface area contributed by atoms with Crippen LogP contribution in [0.25, 0.3) is 16.8 Å². The molecule has 2 heterocycles. The molecule has 1 saturated heterocycles. The lowest BCUT2D eigenvalue weighted by atomic mass is 10.0. The molecular formula is C28H26N4OS. The topological polar surface area (TPSA) is 51.0 Å². The fraction of sp³-hybridized carbons (Fsp3) is 0.250. The summed E-state index contributed by atoms with van der Waals surface area (Å²) in [6.45, 7) is 2.98. The van der Waals surface area contributed by atoms with Crippen LogP contribution in [0.15, 0.2) is 78.0 Å². The Morgan fingerprint density at radius 2 is 1.62 bits per heavy atom. The van der Waals surface area contributed by atoms with E-state index in [0.29, 0.717) is 5.75 Å². The maximum atomic E-state index is 13.2. The Kier molecular flexibility index (Phi) is 5.77. The SMILES string of the molecule is O=C(CSc1nnc(CN2CCCC2)n1-c1ccccc1)c1ccc2c(c1)-c1ccccc1C2. The lowest BCUT2D eigenvalue weighted by Gasteiger charge is -2.16. The summed E-state index contributed by atoms with van der Waals surface area (Å²) in [4.78, 5) is 15.6. The fourth-order valence-electron chi connectivity index (χ4n) is 4.98.